The van der Waals surface area contributed by atoms with Crippen LogP contribution in [0.2, 0.25) is 0 Å². The average Bonchev–Trinajstić information content (AvgIpc) is 3.19. The fraction of sp³-hybridized carbons (Fsp3) is 0.375. The fourth-order valence-electron chi connectivity index (χ4n) is 4.48. The molecule has 3 aromatic heterocycles. The van der Waals surface area contributed by atoms with E-state index in [4.69, 9.17) is 4.74 Å². The van der Waals surface area contributed by atoms with Crippen LogP contribution in [0.25, 0.3) is 11.2 Å². The number of anilines is 1. The van der Waals surface area contributed by atoms with Crippen molar-refractivity contribution in [2.75, 3.05) is 31.6 Å². The van der Waals surface area contributed by atoms with Crippen molar-refractivity contribution in [1.82, 2.24) is 19.3 Å². The number of amides is 1. The van der Waals surface area contributed by atoms with Crippen molar-refractivity contribution in [3.8, 4) is 5.75 Å². The number of aliphatic hydroxyl groups is 1. The molecule has 9 heteroatoms. The molecular weight excluding hydrogens is 442 g/mol. The highest BCUT2D eigenvalue weighted by Crippen LogP contribution is 2.32. The molecule has 8 nitrogen and oxygen atoms in total. The Bertz CT molecular complexity index is 1170. The molecule has 174 valence electrons. The standard InChI is InChI=1S/C24H27N5O3.ClH/c30-19-8-7-18-23(27-21-6-2-5-13-29(18)21)22(19)24(31)26-17-16-25-10-9-20(17)32-15-14-28-11-3-1-4-12-28;/h2,5-6,9-10,13,16,30H,1,3-4,7-8,11-12,14-15H2,(H,26,31);1H. The van der Waals surface area contributed by atoms with E-state index in [9.17, 15) is 9.90 Å². The van der Waals surface area contributed by atoms with Gasteiger partial charge in [-0.2, -0.15) is 0 Å². The van der Waals surface area contributed by atoms with Crippen LogP contribution < -0.4 is 10.1 Å². The smallest absolute Gasteiger partial charge is 0.261 e. The molecule has 4 heterocycles. The summed E-state index contributed by atoms with van der Waals surface area (Å²) in [7, 11) is 0. The van der Waals surface area contributed by atoms with Crippen molar-refractivity contribution < 1.29 is 14.6 Å². The number of fused-ring (bicyclic) bond motifs is 3. The number of allylic oxidation sites excluding steroid dienone is 1. The van der Waals surface area contributed by atoms with Crippen LogP contribution in [0.5, 0.6) is 5.75 Å². The number of aryl methyl sites for hydroxylation is 1. The minimum Gasteiger partial charge on any atom is -0.511 e. The van der Waals surface area contributed by atoms with Crippen LogP contribution in [0.4, 0.5) is 5.69 Å². The maximum atomic E-state index is 13.2. The number of nitrogens with one attached hydrogen (secondary N) is 1. The van der Waals surface area contributed by atoms with Gasteiger partial charge in [-0.25, -0.2) is 4.98 Å². The van der Waals surface area contributed by atoms with Gasteiger partial charge in [-0.3, -0.25) is 14.7 Å². The van der Waals surface area contributed by atoms with E-state index in [2.05, 4.69) is 20.2 Å². The summed E-state index contributed by atoms with van der Waals surface area (Å²) in [5.41, 5.74) is 2.88. The summed E-state index contributed by atoms with van der Waals surface area (Å²) in [6.07, 6.45) is 9.93. The number of pyridine rings is 2. The van der Waals surface area contributed by atoms with Gasteiger partial charge in [0, 0.05) is 31.4 Å². The van der Waals surface area contributed by atoms with Crippen LogP contribution in [-0.4, -0.2) is 56.5 Å². The number of hydrogen-bond acceptors (Lipinski definition) is 6. The molecule has 0 unspecified atom stereocenters. The van der Waals surface area contributed by atoms with E-state index in [-0.39, 0.29) is 23.7 Å². The average molecular weight is 470 g/mol. The Morgan fingerprint density at radius 1 is 1.15 bits per heavy atom. The Labute approximate surface area is 198 Å². The number of carbonyl (C=O) groups is 1. The third kappa shape index (κ3) is 4.82. The van der Waals surface area contributed by atoms with Crippen LogP contribution in [0.1, 0.15) is 37.1 Å². The van der Waals surface area contributed by atoms with E-state index in [0.717, 1.165) is 31.0 Å². The number of rotatable bonds is 6. The largest absolute Gasteiger partial charge is 0.511 e. The predicted molar refractivity (Wildman–Crippen MR) is 129 cm³/mol. The Morgan fingerprint density at radius 3 is 2.85 bits per heavy atom. The molecule has 2 aliphatic rings. The number of ether oxygens (including phenoxy) is 1. The van der Waals surface area contributed by atoms with E-state index < -0.39 is 5.91 Å². The predicted octanol–water partition coefficient (Wildman–Crippen LogP) is 3.87. The zero-order chi connectivity index (χ0) is 21.9. The number of carbonyl (C=O) groups excluding carboxylic acids is 1. The Balaban J connectivity index is 0.00000259. The summed E-state index contributed by atoms with van der Waals surface area (Å²) in [5.74, 6) is 0.201. The highest BCUT2D eigenvalue weighted by molar-refractivity contribution is 6.26. The zero-order valence-corrected chi connectivity index (χ0v) is 19.2. The van der Waals surface area contributed by atoms with E-state index in [0.29, 0.717) is 36.6 Å². The van der Waals surface area contributed by atoms with Gasteiger partial charge in [-0.05, 0) is 44.5 Å². The minimum absolute atomic E-state index is 0. The van der Waals surface area contributed by atoms with Crippen molar-refractivity contribution in [1.29, 1.82) is 0 Å². The van der Waals surface area contributed by atoms with Gasteiger partial charge in [0.05, 0.1) is 11.9 Å². The second-order valence-electron chi connectivity index (χ2n) is 8.23. The van der Waals surface area contributed by atoms with E-state index in [1.165, 1.54) is 19.3 Å². The molecule has 2 N–H and O–H groups in total. The first-order valence-corrected chi connectivity index (χ1v) is 11.2. The van der Waals surface area contributed by atoms with Crippen LogP contribution in [0.3, 0.4) is 0 Å². The second kappa shape index (κ2) is 10.2. The summed E-state index contributed by atoms with van der Waals surface area (Å²) in [4.78, 5) is 24.4. The number of piperidine rings is 1. The number of hydrogen-bond donors (Lipinski definition) is 2. The van der Waals surface area contributed by atoms with Gasteiger partial charge in [0.2, 0.25) is 0 Å². The summed E-state index contributed by atoms with van der Waals surface area (Å²) < 4.78 is 7.94. The monoisotopic (exact) mass is 469 g/mol. The first kappa shape index (κ1) is 23.1. The number of imidazole rings is 1. The molecular formula is C24H28ClN5O3. The normalized spacial score (nSPS) is 16.2. The highest BCUT2D eigenvalue weighted by atomic mass is 35.5. The lowest BCUT2D eigenvalue weighted by molar-refractivity contribution is -0.111. The molecule has 1 aliphatic carbocycles. The molecule has 0 saturated carbocycles. The maximum Gasteiger partial charge on any atom is 0.261 e. The fourth-order valence-corrected chi connectivity index (χ4v) is 4.48. The van der Waals surface area contributed by atoms with Gasteiger partial charge >= 0.3 is 0 Å². The lowest BCUT2D eigenvalue weighted by Crippen LogP contribution is -2.33. The topological polar surface area (TPSA) is 92.0 Å². The number of aliphatic hydroxyl groups excluding tert-OH is 1. The van der Waals surface area contributed by atoms with Crippen molar-refractivity contribution in [2.45, 2.75) is 32.1 Å². The van der Waals surface area contributed by atoms with Gasteiger partial charge in [0.1, 0.15) is 40.7 Å². The molecule has 1 fully saturated rings. The molecule has 0 radical (unpaired) electrons. The van der Waals surface area contributed by atoms with Crippen LogP contribution in [-0.2, 0) is 11.2 Å². The molecule has 33 heavy (non-hydrogen) atoms. The van der Waals surface area contributed by atoms with Crippen LogP contribution >= 0.6 is 12.4 Å². The minimum atomic E-state index is -0.416. The van der Waals surface area contributed by atoms with Crippen LogP contribution in [0.15, 0.2) is 48.6 Å². The molecule has 0 aromatic carbocycles. The van der Waals surface area contributed by atoms with Gasteiger partial charge < -0.3 is 19.6 Å². The van der Waals surface area contributed by atoms with E-state index in [1.54, 1.807) is 18.5 Å². The summed E-state index contributed by atoms with van der Waals surface area (Å²) in [6.45, 7) is 3.61. The van der Waals surface area contributed by atoms with Gasteiger partial charge in [-0.1, -0.05) is 12.5 Å². The second-order valence-corrected chi connectivity index (χ2v) is 8.23. The van der Waals surface area contributed by atoms with Crippen LogP contribution in [0, 0.1) is 0 Å². The van der Waals surface area contributed by atoms with E-state index in [1.807, 2.05) is 28.8 Å². The molecule has 0 bridgehead atoms. The number of aromatic nitrogens is 3. The lowest BCUT2D eigenvalue weighted by Gasteiger charge is -2.26. The number of likely N-dealkylation sites (tertiary alicyclic amines) is 1. The van der Waals surface area contributed by atoms with Crippen molar-refractivity contribution in [2.24, 2.45) is 0 Å². The molecule has 3 aromatic rings. The first-order chi connectivity index (χ1) is 15.7. The lowest BCUT2D eigenvalue weighted by atomic mass is 9.97. The number of halogens is 1. The van der Waals surface area contributed by atoms with Crippen molar-refractivity contribution in [3.05, 3.63) is 60.0 Å². The van der Waals surface area contributed by atoms with Gasteiger partial charge in [-0.15, -0.1) is 12.4 Å². The molecule has 0 atom stereocenters. The molecule has 1 saturated heterocycles. The van der Waals surface area contributed by atoms with Gasteiger partial charge in [0.25, 0.3) is 5.91 Å². The van der Waals surface area contributed by atoms with Gasteiger partial charge in [0.15, 0.2) is 0 Å². The van der Waals surface area contributed by atoms with E-state index >= 15 is 0 Å². The number of nitrogens with zero attached hydrogens (tertiary/aromatic N) is 4. The molecule has 5 rings (SSSR count). The summed E-state index contributed by atoms with van der Waals surface area (Å²) >= 11 is 0. The Morgan fingerprint density at radius 2 is 2.00 bits per heavy atom. The molecule has 0 spiro atoms. The summed E-state index contributed by atoms with van der Waals surface area (Å²) in [6, 6.07) is 7.47. The van der Waals surface area contributed by atoms with Crippen molar-refractivity contribution in [3.63, 3.8) is 0 Å². The quantitative estimate of drug-likeness (QED) is 0.569. The molecule has 1 amide bonds. The zero-order valence-electron chi connectivity index (χ0n) is 18.4. The maximum absolute atomic E-state index is 13.2. The first-order valence-electron chi connectivity index (χ1n) is 11.2. The molecule has 1 aliphatic heterocycles. The summed E-state index contributed by atoms with van der Waals surface area (Å²) in [5, 5.41) is 13.4. The Kier molecular flexibility index (Phi) is 7.15. The third-order valence-electron chi connectivity index (χ3n) is 6.12. The SMILES string of the molecule is Cl.O=C(Nc1cnccc1OCCN1CCCCC1)C1=C(O)CCc2c1nc1ccccn21. The highest BCUT2D eigenvalue weighted by Gasteiger charge is 2.29. The van der Waals surface area contributed by atoms with Crippen molar-refractivity contribution >= 4 is 35.2 Å². The third-order valence-corrected chi connectivity index (χ3v) is 6.12. The Hall–Kier alpha value is -3.10.